The molecule has 0 saturated heterocycles. The number of ether oxygens (including phenoxy) is 1. The predicted molar refractivity (Wildman–Crippen MR) is 123 cm³/mol. The first kappa shape index (κ1) is 24.1. The Balaban J connectivity index is 1.37. The molecule has 0 bridgehead atoms. The lowest BCUT2D eigenvalue weighted by atomic mass is 9.91. The van der Waals surface area contributed by atoms with Crippen molar-refractivity contribution in [1.29, 1.82) is 0 Å². The number of rotatable bonds is 9. The second-order valence-corrected chi connectivity index (χ2v) is 7.99. The van der Waals surface area contributed by atoms with E-state index >= 15 is 0 Å². The molecule has 1 aromatic heterocycles. The van der Waals surface area contributed by atoms with Crippen molar-refractivity contribution in [3.05, 3.63) is 107 Å². The molecule has 0 radical (unpaired) electrons. The maximum atomic E-state index is 14.1. The zero-order valence-electron chi connectivity index (χ0n) is 18.8. The molecule has 1 atom stereocenters. The van der Waals surface area contributed by atoms with Gasteiger partial charge in [0.25, 0.3) is 0 Å². The van der Waals surface area contributed by atoms with Gasteiger partial charge in [0, 0.05) is 17.5 Å². The monoisotopic (exact) mass is 481 g/mol. The Morgan fingerprint density at radius 1 is 1.00 bits per heavy atom. The molecule has 0 amide bonds. The van der Waals surface area contributed by atoms with Crippen molar-refractivity contribution in [3.63, 3.8) is 0 Å². The third-order valence-corrected chi connectivity index (χ3v) is 5.62. The third kappa shape index (κ3) is 5.54. The Morgan fingerprint density at radius 2 is 1.71 bits per heavy atom. The second-order valence-electron chi connectivity index (χ2n) is 7.99. The van der Waals surface area contributed by atoms with Gasteiger partial charge in [-0.15, -0.1) is 0 Å². The van der Waals surface area contributed by atoms with Gasteiger partial charge in [0.15, 0.2) is 17.5 Å². The van der Waals surface area contributed by atoms with Crippen molar-refractivity contribution < 1.29 is 32.2 Å². The van der Waals surface area contributed by atoms with Crippen molar-refractivity contribution in [3.8, 4) is 17.2 Å². The summed E-state index contributed by atoms with van der Waals surface area (Å²) in [5.74, 6) is -5.43. The van der Waals surface area contributed by atoms with E-state index in [1.54, 1.807) is 24.3 Å². The van der Waals surface area contributed by atoms with Gasteiger partial charge in [-0.05, 0) is 49.2 Å². The third-order valence-electron chi connectivity index (χ3n) is 5.62. The van der Waals surface area contributed by atoms with Crippen LogP contribution in [0.25, 0.3) is 11.5 Å². The van der Waals surface area contributed by atoms with Crippen LogP contribution in [0.15, 0.2) is 71.1 Å². The normalized spacial score (nSPS) is 11.9. The largest absolute Gasteiger partial charge is 0.493 e. The van der Waals surface area contributed by atoms with E-state index in [2.05, 4.69) is 4.98 Å². The fourth-order valence-electron chi connectivity index (χ4n) is 3.73. The summed E-state index contributed by atoms with van der Waals surface area (Å²) in [4.78, 5) is 16.2. The van der Waals surface area contributed by atoms with Crippen LogP contribution in [0.5, 0.6) is 5.75 Å². The molecule has 4 rings (SSSR count). The van der Waals surface area contributed by atoms with Crippen LogP contribution in [0.2, 0.25) is 0 Å². The fraction of sp³-hybridized carbons (Fsp3) is 0.185. The van der Waals surface area contributed by atoms with E-state index in [1.807, 2.05) is 37.3 Å². The Morgan fingerprint density at radius 3 is 2.40 bits per heavy atom. The van der Waals surface area contributed by atoms with Gasteiger partial charge in [0.05, 0.1) is 18.2 Å². The summed E-state index contributed by atoms with van der Waals surface area (Å²) >= 11 is 0. The first-order valence-corrected chi connectivity index (χ1v) is 10.9. The number of aryl methyl sites for hydroxylation is 1. The molecule has 1 unspecified atom stereocenters. The van der Waals surface area contributed by atoms with Crippen LogP contribution in [0.1, 0.15) is 28.5 Å². The average molecular weight is 481 g/mol. The topological polar surface area (TPSA) is 72.6 Å². The molecule has 1 heterocycles. The molecule has 3 aromatic carbocycles. The molecule has 1 N–H and O–H groups in total. The zero-order valence-corrected chi connectivity index (χ0v) is 18.8. The van der Waals surface area contributed by atoms with Crippen LogP contribution < -0.4 is 4.74 Å². The molecule has 5 nitrogen and oxygen atoms in total. The average Bonchev–Trinajstić information content (AvgIpc) is 3.23. The molecule has 4 aromatic rings. The maximum Gasteiger partial charge on any atom is 0.311 e. The van der Waals surface area contributed by atoms with Crippen LogP contribution >= 0.6 is 0 Å². The molecule has 0 spiro atoms. The summed E-state index contributed by atoms with van der Waals surface area (Å²) in [5, 5.41) is 9.53. The lowest BCUT2D eigenvalue weighted by Gasteiger charge is -2.15. The molecule has 0 fully saturated rings. The molecule has 0 aliphatic rings. The molecule has 8 heteroatoms. The number of halogens is 3. The summed E-state index contributed by atoms with van der Waals surface area (Å²) in [6.07, 6.45) is 0.429. The molecule has 180 valence electrons. The minimum absolute atomic E-state index is 0.0992. The zero-order chi connectivity index (χ0) is 24.9. The highest BCUT2D eigenvalue weighted by atomic mass is 19.2. The number of oxazole rings is 1. The summed E-state index contributed by atoms with van der Waals surface area (Å²) in [6.45, 7) is 2.19. The number of carboxylic acid groups (broad SMARTS) is 1. The number of nitrogens with zero attached hydrogens (tertiary/aromatic N) is 1. The number of carboxylic acids is 1. The summed E-state index contributed by atoms with van der Waals surface area (Å²) in [7, 11) is 0. The lowest BCUT2D eigenvalue weighted by Crippen LogP contribution is -2.17. The predicted octanol–water partition coefficient (Wildman–Crippen LogP) is 6.10. The highest BCUT2D eigenvalue weighted by Crippen LogP contribution is 2.28. The quantitative estimate of drug-likeness (QED) is 0.293. The Hall–Kier alpha value is -4.07. The lowest BCUT2D eigenvalue weighted by molar-refractivity contribution is -0.138. The van der Waals surface area contributed by atoms with Crippen LogP contribution in [-0.4, -0.2) is 22.7 Å². The minimum Gasteiger partial charge on any atom is -0.493 e. The van der Waals surface area contributed by atoms with Crippen LogP contribution in [-0.2, 0) is 17.6 Å². The van der Waals surface area contributed by atoms with Gasteiger partial charge >= 0.3 is 5.97 Å². The smallest absolute Gasteiger partial charge is 0.311 e. The summed E-state index contributed by atoms with van der Waals surface area (Å²) < 4.78 is 52.5. The number of hydrogen-bond acceptors (Lipinski definition) is 4. The van der Waals surface area contributed by atoms with Gasteiger partial charge in [-0.3, -0.25) is 4.79 Å². The Kier molecular flexibility index (Phi) is 7.19. The van der Waals surface area contributed by atoms with Crippen molar-refractivity contribution in [2.24, 2.45) is 0 Å². The molecule has 0 aliphatic heterocycles. The SMILES string of the molecule is Cc1oc(-c2ccccc2)nc1CCOc1ccc(CC(C(=O)O)c2ccc(F)c(F)c2F)cc1. The highest BCUT2D eigenvalue weighted by Gasteiger charge is 2.26. The van der Waals surface area contributed by atoms with Crippen molar-refractivity contribution >= 4 is 5.97 Å². The van der Waals surface area contributed by atoms with Gasteiger partial charge in [0.2, 0.25) is 5.89 Å². The fourth-order valence-corrected chi connectivity index (χ4v) is 3.73. The molecular weight excluding hydrogens is 459 g/mol. The van der Waals surface area contributed by atoms with Gasteiger partial charge in [-0.2, -0.15) is 0 Å². The van der Waals surface area contributed by atoms with Crippen molar-refractivity contribution in [2.45, 2.75) is 25.7 Å². The number of aliphatic carboxylic acids is 1. The van der Waals surface area contributed by atoms with E-state index in [-0.39, 0.29) is 6.42 Å². The number of aromatic nitrogens is 1. The van der Waals surface area contributed by atoms with E-state index < -0.39 is 34.9 Å². The van der Waals surface area contributed by atoms with E-state index in [9.17, 15) is 23.1 Å². The van der Waals surface area contributed by atoms with Gasteiger partial charge in [-0.1, -0.05) is 36.4 Å². The molecule has 35 heavy (non-hydrogen) atoms. The molecular formula is C27H22F3NO4. The first-order valence-electron chi connectivity index (χ1n) is 10.9. The summed E-state index contributed by atoms with van der Waals surface area (Å²) in [5.41, 5.74) is 1.85. The van der Waals surface area contributed by atoms with E-state index in [4.69, 9.17) is 9.15 Å². The number of benzene rings is 3. The molecule has 0 saturated carbocycles. The number of hydrogen-bond donors (Lipinski definition) is 1. The maximum absolute atomic E-state index is 14.1. The standard InChI is InChI=1S/C27H22F3NO4/c1-16-23(31-26(35-16)18-5-3-2-4-6-18)13-14-34-19-9-7-17(8-10-19)15-21(27(32)33)20-11-12-22(28)25(30)24(20)29/h2-12,21H,13-15H2,1H3,(H,32,33). The van der Waals surface area contributed by atoms with Gasteiger partial charge in [0.1, 0.15) is 11.5 Å². The van der Waals surface area contributed by atoms with E-state index in [0.717, 1.165) is 23.4 Å². The Labute approximate surface area is 199 Å². The van der Waals surface area contributed by atoms with E-state index in [0.29, 0.717) is 36.0 Å². The van der Waals surface area contributed by atoms with Gasteiger partial charge < -0.3 is 14.3 Å². The van der Waals surface area contributed by atoms with E-state index in [1.165, 1.54) is 0 Å². The first-order chi connectivity index (χ1) is 16.8. The number of carbonyl (C=O) groups is 1. The van der Waals surface area contributed by atoms with Crippen molar-refractivity contribution in [2.75, 3.05) is 6.61 Å². The van der Waals surface area contributed by atoms with Crippen LogP contribution in [0.3, 0.4) is 0 Å². The van der Waals surface area contributed by atoms with Crippen LogP contribution in [0, 0.1) is 24.4 Å². The molecule has 0 aliphatic carbocycles. The Bertz CT molecular complexity index is 1320. The van der Waals surface area contributed by atoms with Crippen LogP contribution in [0.4, 0.5) is 13.2 Å². The summed E-state index contributed by atoms with van der Waals surface area (Å²) in [6, 6.07) is 17.9. The van der Waals surface area contributed by atoms with Crippen molar-refractivity contribution in [1.82, 2.24) is 4.98 Å². The highest BCUT2D eigenvalue weighted by molar-refractivity contribution is 5.76. The minimum atomic E-state index is -1.68. The second kappa shape index (κ2) is 10.5. The van der Waals surface area contributed by atoms with Gasteiger partial charge in [-0.25, -0.2) is 18.2 Å².